The van der Waals surface area contributed by atoms with Crippen LogP contribution in [-0.4, -0.2) is 19.5 Å². The molecule has 0 aromatic heterocycles. The number of rotatable bonds is 5. The molecule has 0 radical (unpaired) electrons. The summed E-state index contributed by atoms with van der Waals surface area (Å²) in [5.41, 5.74) is 0. The first-order valence-electron chi connectivity index (χ1n) is 3.91. The molecule has 2 heteroatoms. The fraction of sp³-hybridized carbons (Fsp3) is 0.875. The summed E-state index contributed by atoms with van der Waals surface area (Å²) in [7, 11) is 0. The molecule has 0 aromatic rings. The molecule has 1 aliphatic rings. The van der Waals surface area contributed by atoms with Crippen LogP contribution in [0.15, 0.2) is 0 Å². The van der Waals surface area contributed by atoms with Crippen LogP contribution in [0.25, 0.3) is 0 Å². The Morgan fingerprint density at radius 1 is 1.70 bits per heavy atom. The second-order valence-electron chi connectivity index (χ2n) is 2.87. The Labute approximate surface area is 61.6 Å². The van der Waals surface area contributed by atoms with Crippen molar-refractivity contribution >= 4 is 6.29 Å². The monoisotopic (exact) mass is 142 g/mol. The fourth-order valence-corrected chi connectivity index (χ4v) is 1.01. The van der Waals surface area contributed by atoms with E-state index < -0.39 is 0 Å². The molecule has 0 aliphatic heterocycles. The van der Waals surface area contributed by atoms with Gasteiger partial charge in [0.2, 0.25) is 0 Å². The predicted molar refractivity (Wildman–Crippen MR) is 38.8 cm³/mol. The average molecular weight is 142 g/mol. The van der Waals surface area contributed by atoms with E-state index in [1.807, 2.05) is 0 Å². The first-order chi connectivity index (χ1) is 4.88. The number of aldehydes is 1. The fourth-order valence-electron chi connectivity index (χ4n) is 1.01. The number of hydrogen-bond acceptors (Lipinski definition) is 2. The second kappa shape index (κ2) is 3.71. The van der Waals surface area contributed by atoms with Gasteiger partial charge >= 0.3 is 0 Å². The van der Waals surface area contributed by atoms with Crippen LogP contribution >= 0.6 is 0 Å². The normalized spacial score (nSPS) is 30.1. The van der Waals surface area contributed by atoms with Crippen LogP contribution in [0.3, 0.4) is 0 Å². The molecule has 0 N–H and O–H groups in total. The van der Waals surface area contributed by atoms with Crippen molar-refractivity contribution in [2.24, 2.45) is 11.8 Å². The SMILES string of the molecule is CCCOCC1CC1C=O. The van der Waals surface area contributed by atoms with Crippen molar-refractivity contribution in [2.45, 2.75) is 19.8 Å². The van der Waals surface area contributed by atoms with Gasteiger partial charge in [0.1, 0.15) is 6.29 Å². The van der Waals surface area contributed by atoms with Crippen LogP contribution in [0.1, 0.15) is 19.8 Å². The average Bonchev–Trinajstić information content (AvgIpc) is 2.68. The van der Waals surface area contributed by atoms with E-state index >= 15 is 0 Å². The first-order valence-corrected chi connectivity index (χ1v) is 3.91. The molecule has 2 nitrogen and oxygen atoms in total. The molecule has 1 saturated carbocycles. The lowest BCUT2D eigenvalue weighted by Gasteiger charge is -1.98. The van der Waals surface area contributed by atoms with Crippen molar-refractivity contribution in [3.63, 3.8) is 0 Å². The van der Waals surface area contributed by atoms with Gasteiger partial charge in [0.05, 0.1) is 6.61 Å². The minimum absolute atomic E-state index is 0.317. The third-order valence-corrected chi connectivity index (χ3v) is 1.83. The molecule has 1 fully saturated rings. The van der Waals surface area contributed by atoms with Crippen molar-refractivity contribution in [2.75, 3.05) is 13.2 Å². The summed E-state index contributed by atoms with van der Waals surface area (Å²) in [5.74, 6) is 0.862. The molecular weight excluding hydrogens is 128 g/mol. The second-order valence-corrected chi connectivity index (χ2v) is 2.87. The van der Waals surface area contributed by atoms with Crippen LogP contribution in [0.4, 0.5) is 0 Å². The van der Waals surface area contributed by atoms with E-state index in [4.69, 9.17) is 4.74 Å². The van der Waals surface area contributed by atoms with E-state index in [9.17, 15) is 4.79 Å². The van der Waals surface area contributed by atoms with Gasteiger partial charge in [-0.2, -0.15) is 0 Å². The van der Waals surface area contributed by atoms with Gasteiger partial charge in [0.25, 0.3) is 0 Å². The van der Waals surface area contributed by atoms with Crippen molar-refractivity contribution in [1.29, 1.82) is 0 Å². The number of carbonyl (C=O) groups excluding carboxylic acids is 1. The predicted octanol–water partition coefficient (Wildman–Crippen LogP) is 1.25. The first kappa shape index (κ1) is 7.73. The highest BCUT2D eigenvalue weighted by atomic mass is 16.5. The summed E-state index contributed by atoms with van der Waals surface area (Å²) in [6.07, 6.45) is 3.16. The van der Waals surface area contributed by atoms with E-state index in [1.165, 1.54) is 0 Å². The maximum atomic E-state index is 10.2. The lowest BCUT2D eigenvalue weighted by Crippen LogP contribution is -1.99. The lowest BCUT2D eigenvalue weighted by molar-refractivity contribution is -0.109. The highest BCUT2D eigenvalue weighted by molar-refractivity contribution is 5.58. The van der Waals surface area contributed by atoms with Gasteiger partial charge in [-0.05, 0) is 18.8 Å². The Hall–Kier alpha value is -0.370. The maximum absolute atomic E-state index is 10.2. The molecule has 0 saturated heterocycles. The smallest absolute Gasteiger partial charge is 0.123 e. The summed E-state index contributed by atoms with van der Waals surface area (Å²) in [5, 5.41) is 0. The molecular formula is C8H14O2. The van der Waals surface area contributed by atoms with Crippen LogP contribution in [0.5, 0.6) is 0 Å². The quantitative estimate of drug-likeness (QED) is 0.426. The van der Waals surface area contributed by atoms with Crippen LogP contribution in [-0.2, 0) is 9.53 Å². The topological polar surface area (TPSA) is 26.3 Å². The third-order valence-electron chi connectivity index (χ3n) is 1.83. The maximum Gasteiger partial charge on any atom is 0.123 e. The molecule has 0 spiro atoms. The highest BCUT2D eigenvalue weighted by Gasteiger charge is 2.36. The minimum Gasteiger partial charge on any atom is -0.381 e. The van der Waals surface area contributed by atoms with Crippen molar-refractivity contribution in [1.82, 2.24) is 0 Å². The number of ether oxygens (including phenoxy) is 1. The van der Waals surface area contributed by atoms with E-state index in [1.54, 1.807) is 0 Å². The van der Waals surface area contributed by atoms with Crippen LogP contribution < -0.4 is 0 Å². The van der Waals surface area contributed by atoms with Gasteiger partial charge in [0, 0.05) is 12.5 Å². The standard InChI is InChI=1S/C8H14O2/c1-2-3-10-6-8-4-7(8)5-9/h5,7-8H,2-4,6H2,1H3. The van der Waals surface area contributed by atoms with Gasteiger partial charge < -0.3 is 9.53 Å². The van der Waals surface area contributed by atoms with Crippen molar-refractivity contribution in [3.8, 4) is 0 Å². The van der Waals surface area contributed by atoms with Crippen LogP contribution in [0, 0.1) is 11.8 Å². The molecule has 58 valence electrons. The van der Waals surface area contributed by atoms with Gasteiger partial charge in [-0.15, -0.1) is 0 Å². The minimum atomic E-state index is 0.317. The third kappa shape index (κ3) is 2.10. The molecule has 0 heterocycles. The zero-order chi connectivity index (χ0) is 7.40. The summed E-state index contributed by atoms with van der Waals surface area (Å²) >= 11 is 0. The van der Waals surface area contributed by atoms with E-state index in [0.717, 1.165) is 32.3 Å². The summed E-state index contributed by atoms with van der Waals surface area (Å²) < 4.78 is 5.28. The van der Waals surface area contributed by atoms with E-state index in [0.29, 0.717) is 11.8 Å². The Kier molecular flexibility index (Phi) is 2.87. The molecule has 2 unspecified atom stereocenters. The van der Waals surface area contributed by atoms with E-state index in [2.05, 4.69) is 6.92 Å². The number of carbonyl (C=O) groups is 1. The Bertz CT molecular complexity index is 112. The molecule has 0 amide bonds. The summed E-state index contributed by atoms with van der Waals surface area (Å²) in [4.78, 5) is 10.2. The molecule has 2 atom stereocenters. The lowest BCUT2D eigenvalue weighted by atomic mass is 10.3. The van der Waals surface area contributed by atoms with Crippen molar-refractivity contribution < 1.29 is 9.53 Å². The van der Waals surface area contributed by atoms with Crippen molar-refractivity contribution in [3.05, 3.63) is 0 Å². The molecule has 0 bridgehead atoms. The Morgan fingerprint density at radius 3 is 3.00 bits per heavy atom. The highest BCUT2D eigenvalue weighted by Crippen LogP contribution is 2.36. The molecule has 1 aliphatic carbocycles. The van der Waals surface area contributed by atoms with Crippen LogP contribution in [0.2, 0.25) is 0 Å². The van der Waals surface area contributed by atoms with Gasteiger partial charge in [0.15, 0.2) is 0 Å². The van der Waals surface area contributed by atoms with Gasteiger partial charge in [-0.25, -0.2) is 0 Å². The van der Waals surface area contributed by atoms with Gasteiger partial charge in [-0.3, -0.25) is 0 Å². The number of hydrogen-bond donors (Lipinski definition) is 0. The molecule has 0 aromatic carbocycles. The van der Waals surface area contributed by atoms with Gasteiger partial charge in [-0.1, -0.05) is 6.92 Å². The molecule has 1 rings (SSSR count). The largest absolute Gasteiger partial charge is 0.381 e. The zero-order valence-corrected chi connectivity index (χ0v) is 6.38. The zero-order valence-electron chi connectivity index (χ0n) is 6.38. The van der Waals surface area contributed by atoms with E-state index in [-0.39, 0.29) is 0 Å². The molecule has 10 heavy (non-hydrogen) atoms. The Morgan fingerprint density at radius 2 is 2.50 bits per heavy atom. The Balaban J connectivity index is 1.91. The summed E-state index contributed by atoms with van der Waals surface area (Å²) in [6, 6.07) is 0. The summed E-state index contributed by atoms with van der Waals surface area (Å²) in [6.45, 7) is 3.71.